The molecule has 0 radical (unpaired) electrons. The van der Waals surface area contributed by atoms with Crippen LogP contribution in [0.5, 0.6) is 0 Å². The van der Waals surface area contributed by atoms with Gasteiger partial charge in [0.05, 0.1) is 11.2 Å². The van der Waals surface area contributed by atoms with Crippen LogP contribution in [0.15, 0.2) is 176 Å². The van der Waals surface area contributed by atoms with Gasteiger partial charge in [-0.25, -0.2) is 0 Å². The van der Waals surface area contributed by atoms with Crippen molar-refractivity contribution in [3.63, 3.8) is 0 Å². The second-order valence-corrected chi connectivity index (χ2v) is 25.0. The lowest BCUT2D eigenvalue weighted by atomic mass is 9.33. The van der Waals surface area contributed by atoms with Crippen molar-refractivity contribution < 1.29 is 0 Å². The fourth-order valence-electron chi connectivity index (χ4n) is 13.1. The molecule has 1 aliphatic carbocycles. The summed E-state index contributed by atoms with van der Waals surface area (Å²) in [5, 5.41) is 0. The second kappa shape index (κ2) is 16.4. The largest absolute Gasteiger partial charge is 0.335 e. The van der Waals surface area contributed by atoms with Crippen molar-refractivity contribution in [3.8, 4) is 22.3 Å². The summed E-state index contributed by atoms with van der Waals surface area (Å²) in [6.07, 6.45) is 4.78. The monoisotopic (exact) mass is 940 g/mol. The smallest absolute Gasteiger partial charge is 0.252 e. The van der Waals surface area contributed by atoms with E-state index in [9.17, 15) is 0 Å². The molecule has 4 heteroatoms. The van der Waals surface area contributed by atoms with E-state index in [-0.39, 0.29) is 33.9 Å². The first-order valence-corrected chi connectivity index (χ1v) is 26.7. The lowest BCUT2D eigenvalue weighted by Gasteiger charge is -2.53. The third kappa shape index (κ3) is 7.21. The van der Waals surface area contributed by atoms with Gasteiger partial charge >= 0.3 is 0 Å². The molecule has 0 spiro atoms. The molecule has 3 heterocycles. The highest BCUT2D eigenvalue weighted by Gasteiger charge is 2.61. The van der Waals surface area contributed by atoms with Gasteiger partial charge in [0.25, 0.3) is 6.71 Å². The fourth-order valence-corrected chi connectivity index (χ4v) is 13.1. The maximum absolute atomic E-state index is 2.90. The van der Waals surface area contributed by atoms with Crippen molar-refractivity contribution in [3.05, 3.63) is 198 Å². The van der Waals surface area contributed by atoms with Crippen LogP contribution < -0.4 is 31.1 Å². The van der Waals surface area contributed by atoms with Crippen LogP contribution in [0.25, 0.3) is 22.3 Å². The first-order valence-electron chi connectivity index (χ1n) is 26.7. The van der Waals surface area contributed by atoms with Gasteiger partial charge in [0.2, 0.25) is 0 Å². The third-order valence-electron chi connectivity index (χ3n) is 17.4. The quantitative estimate of drug-likeness (QED) is 0.154. The summed E-state index contributed by atoms with van der Waals surface area (Å²) in [5.41, 5.74) is 24.4. The third-order valence-corrected chi connectivity index (χ3v) is 17.4. The Morgan fingerprint density at radius 1 is 0.444 bits per heavy atom. The molecule has 8 aromatic rings. The maximum atomic E-state index is 2.90. The summed E-state index contributed by atoms with van der Waals surface area (Å²) in [7, 11) is 0. The number of hydrogen-bond acceptors (Lipinski definition) is 3. The van der Waals surface area contributed by atoms with Crippen molar-refractivity contribution in [1.29, 1.82) is 0 Å². The normalized spacial score (nSPS) is 18.8. The van der Waals surface area contributed by atoms with Gasteiger partial charge in [0, 0.05) is 45.2 Å². The van der Waals surface area contributed by atoms with E-state index >= 15 is 0 Å². The lowest BCUT2D eigenvalue weighted by molar-refractivity contribution is 0.195. The van der Waals surface area contributed by atoms with Gasteiger partial charge in [-0.1, -0.05) is 203 Å². The number of nitrogens with zero attached hydrogens (tertiary/aromatic N) is 3. The SMILES string of the molecule is CC(C)(C)c1ccc(N(c2ccc(C(C)(C)C)cc2)c2cc3c4c(c2)N2c5c(cc(C(C)(C)C)cc5C5(C)CCCCC25C)B4c2ccc(-c4ccccc4)cc2N3c2cccc(-c3ccccc3)c2)cc1. The first-order chi connectivity index (χ1) is 34.3. The highest BCUT2D eigenvalue weighted by molar-refractivity contribution is 7.00. The summed E-state index contributed by atoms with van der Waals surface area (Å²) in [5.74, 6) is 0. The Kier molecular flexibility index (Phi) is 10.5. The van der Waals surface area contributed by atoms with E-state index in [2.05, 4.69) is 267 Å². The van der Waals surface area contributed by atoms with Gasteiger partial charge < -0.3 is 14.7 Å². The highest BCUT2D eigenvalue weighted by atomic mass is 15.3. The fraction of sp³-hybridized carbons (Fsp3) is 0.294. The molecule has 12 rings (SSSR count). The first kappa shape index (κ1) is 46.3. The molecule has 0 bridgehead atoms. The van der Waals surface area contributed by atoms with Gasteiger partial charge in [0.15, 0.2) is 0 Å². The van der Waals surface area contributed by atoms with E-state index in [1.54, 1.807) is 0 Å². The van der Waals surface area contributed by atoms with E-state index in [1.807, 2.05) is 0 Å². The number of hydrogen-bond donors (Lipinski definition) is 0. The predicted octanol–water partition coefficient (Wildman–Crippen LogP) is 16.7. The minimum absolute atomic E-state index is 0.0164. The molecule has 3 nitrogen and oxygen atoms in total. The van der Waals surface area contributed by atoms with Crippen LogP contribution in [0, 0.1) is 0 Å². The maximum Gasteiger partial charge on any atom is 0.252 e. The molecular formula is C68H70BN3. The summed E-state index contributed by atoms with van der Waals surface area (Å²) in [6, 6.07) is 67.7. The second-order valence-electron chi connectivity index (χ2n) is 25.0. The minimum atomic E-state index is -0.140. The Balaban J connectivity index is 1.21. The molecule has 360 valence electrons. The zero-order chi connectivity index (χ0) is 50.1. The molecule has 8 aromatic carbocycles. The van der Waals surface area contributed by atoms with E-state index < -0.39 is 0 Å². The number of rotatable bonds is 6. The zero-order valence-corrected chi connectivity index (χ0v) is 44.5. The Hall–Kier alpha value is -6.78. The predicted molar refractivity (Wildman–Crippen MR) is 310 cm³/mol. The molecule has 2 unspecified atom stereocenters. The molecule has 1 saturated carbocycles. The number of fused-ring (bicyclic) bond motifs is 7. The molecule has 0 aromatic heterocycles. The van der Waals surface area contributed by atoms with Crippen molar-refractivity contribution in [2.45, 2.75) is 129 Å². The summed E-state index contributed by atoms with van der Waals surface area (Å²) in [6.45, 7) is 26.3. The van der Waals surface area contributed by atoms with Crippen molar-refractivity contribution in [2.75, 3.05) is 14.7 Å². The van der Waals surface area contributed by atoms with Crippen LogP contribution in [0.1, 0.15) is 124 Å². The van der Waals surface area contributed by atoms with Crippen LogP contribution in [0.2, 0.25) is 0 Å². The van der Waals surface area contributed by atoms with Crippen molar-refractivity contribution in [1.82, 2.24) is 0 Å². The Morgan fingerprint density at radius 2 is 0.986 bits per heavy atom. The number of anilines is 8. The van der Waals surface area contributed by atoms with Crippen LogP contribution >= 0.6 is 0 Å². The molecule has 1 fully saturated rings. The highest BCUT2D eigenvalue weighted by Crippen LogP contribution is 2.63. The molecule has 0 amide bonds. The van der Waals surface area contributed by atoms with Crippen LogP contribution in [0.4, 0.5) is 45.5 Å². The van der Waals surface area contributed by atoms with Crippen molar-refractivity contribution >= 4 is 68.6 Å². The topological polar surface area (TPSA) is 9.72 Å². The minimum Gasteiger partial charge on any atom is -0.335 e. The zero-order valence-electron chi connectivity index (χ0n) is 44.5. The Labute approximate surface area is 430 Å². The standard InChI is InChI=1S/C68H70BN3/c1-64(2,3)49-28-32-52(33-29-49)70(53-34-30-50(31-35-53)65(4,5)6)55-43-60-62-61(44-55)72-63-56(67(10)37-18-19-38-68(67,72)11)41-51(66(7,8)9)42-58(63)69(62)57-36-27-48(46-23-16-13-17-24-46)40-59(57)71(60)54-26-20-25-47(39-54)45-21-14-12-15-22-45/h12-17,20-36,39-44H,18-19,37-38H2,1-11H3. The van der Waals surface area contributed by atoms with Crippen LogP contribution in [0.3, 0.4) is 0 Å². The van der Waals surface area contributed by atoms with E-state index in [4.69, 9.17) is 0 Å². The molecule has 2 atom stereocenters. The van der Waals surface area contributed by atoms with Gasteiger partial charge in [-0.15, -0.1) is 0 Å². The summed E-state index contributed by atoms with van der Waals surface area (Å²) >= 11 is 0. The van der Waals surface area contributed by atoms with Crippen LogP contribution in [-0.2, 0) is 21.7 Å². The average molecular weight is 940 g/mol. The van der Waals surface area contributed by atoms with E-state index in [0.717, 1.165) is 29.2 Å². The van der Waals surface area contributed by atoms with Gasteiger partial charge in [-0.05, 0) is 152 Å². The van der Waals surface area contributed by atoms with Crippen molar-refractivity contribution in [2.24, 2.45) is 0 Å². The Bertz CT molecular complexity index is 3330. The van der Waals surface area contributed by atoms with E-state index in [0.29, 0.717) is 0 Å². The van der Waals surface area contributed by atoms with Crippen LogP contribution in [-0.4, -0.2) is 12.3 Å². The molecule has 0 saturated heterocycles. The molecule has 3 aliphatic heterocycles. The average Bonchev–Trinajstić information content (AvgIpc) is 3.58. The molecule has 4 aliphatic rings. The van der Waals surface area contributed by atoms with Gasteiger partial charge in [-0.2, -0.15) is 0 Å². The Morgan fingerprint density at radius 3 is 1.57 bits per heavy atom. The molecule has 0 N–H and O–H groups in total. The molecule has 72 heavy (non-hydrogen) atoms. The summed E-state index contributed by atoms with van der Waals surface area (Å²) in [4.78, 5) is 8.07. The molecular weight excluding hydrogens is 870 g/mol. The number of benzene rings is 8. The van der Waals surface area contributed by atoms with Gasteiger partial charge in [-0.3, -0.25) is 0 Å². The summed E-state index contributed by atoms with van der Waals surface area (Å²) < 4.78 is 0. The lowest BCUT2D eigenvalue weighted by Crippen LogP contribution is -2.64. The van der Waals surface area contributed by atoms with E-state index in [1.165, 1.54) is 103 Å². The van der Waals surface area contributed by atoms with Gasteiger partial charge in [0.1, 0.15) is 0 Å².